The molecule has 0 saturated carbocycles. The highest BCUT2D eigenvalue weighted by atomic mass is 16.5. The van der Waals surface area contributed by atoms with Gasteiger partial charge in [-0.3, -0.25) is 14.7 Å². The van der Waals surface area contributed by atoms with Crippen LogP contribution in [0, 0.1) is 5.92 Å². The molecule has 1 aromatic carbocycles. The first-order chi connectivity index (χ1) is 17.4. The van der Waals surface area contributed by atoms with Crippen LogP contribution in [0.1, 0.15) is 29.8 Å². The van der Waals surface area contributed by atoms with E-state index in [0.717, 1.165) is 29.0 Å². The Balaban J connectivity index is 1.65. The molecule has 8 heteroatoms. The zero-order chi connectivity index (χ0) is 25.7. The van der Waals surface area contributed by atoms with Gasteiger partial charge in [0.25, 0.3) is 5.91 Å². The maximum absolute atomic E-state index is 13.6. The lowest BCUT2D eigenvalue weighted by Gasteiger charge is -2.37. The number of nitrogens with zero attached hydrogens (tertiary/aromatic N) is 4. The van der Waals surface area contributed by atoms with Crippen molar-refractivity contribution in [3.8, 4) is 22.8 Å². The fourth-order valence-electron chi connectivity index (χ4n) is 4.44. The van der Waals surface area contributed by atoms with E-state index in [2.05, 4.69) is 21.8 Å². The average Bonchev–Trinajstić information content (AvgIpc) is 2.90. The molecule has 0 saturated heterocycles. The first-order valence-electron chi connectivity index (χ1n) is 12.2. The Labute approximate surface area is 212 Å². The SMILES string of the molecule is COc1ccc(-c2cnc3c(c2)C(=O)N([C@@H](C)CO)C[C@@H](C)[C@@H](CN(C)Cc2cccnc2)O3)cc1. The molecule has 4 rings (SSSR count). The maximum Gasteiger partial charge on any atom is 0.259 e. The molecule has 190 valence electrons. The Kier molecular flexibility index (Phi) is 8.18. The van der Waals surface area contributed by atoms with Gasteiger partial charge in [-0.05, 0) is 49.4 Å². The molecule has 0 aliphatic carbocycles. The van der Waals surface area contributed by atoms with E-state index in [9.17, 15) is 9.90 Å². The van der Waals surface area contributed by atoms with Crippen molar-refractivity contribution in [1.82, 2.24) is 19.8 Å². The second-order valence-electron chi connectivity index (χ2n) is 9.49. The van der Waals surface area contributed by atoms with E-state index < -0.39 is 0 Å². The minimum absolute atomic E-state index is 0.0236. The van der Waals surface area contributed by atoms with E-state index in [1.807, 2.05) is 62.6 Å². The van der Waals surface area contributed by atoms with E-state index in [0.29, 0.717) is 24.5 Å². The van der Waals surface area contributed by atoms with E-state index in [4.69, 9.17) is 9.47 Å². The largest absolute Gasteiger partial charge is 0.497 e. The van der Waals surface area contributed by atoms with Crippen LogP contribution in [-0.2, 0) is 6.54 Å². The number of amides is 1. The summed E-state index contributed by atoms with van der Waals surface area (Å²) in [5.74, 6) is 0.908. The zero-order valence-corrected chi connectivity index (χ0v) is 21.3. The molecule has 1 aliphatic heterocycles. The van der Waals surface area contributed by atoms with Gasteiger partial charge in [-0.1, -0.05) is 25.1 Å². The number of hydrogen-bond donors (Lipinski definition) is 1. The molecule has 3 atom stereocenters. The van der Waals surface area contributed by atoms with Crippen molar-refractivity contribution in [1.29, 1.82) is 0 Å². The normalized spacial score (nSPS) is 18.7. The number of aromatic nitrogens is 2. The predicted molar refractivity (Wildman–Crippen MR) is 138 cm³/mol. The fourth-order valence-corrected chi connectivity index (χ4v) is 4.44. The monoisotopic (exact) mass is 490 g/mol. The summed E-state index contributed by atoms with van der Waals surface area (Å²) >= 11 is 0. The summed E-state index contributed by atoms with van der Waals surface area (Å²) in [6, 6.07) is 13.1. The number of carbonyl (C=O) groups is 1. The van der Waals surface area contributed by atoms with E-state index in [1.54, 1.807) is 24.4 Å². The molecule has 1 aliphatic rings. The number of aliphatic hydroxyl groups is 1. The Morgan fingerprint density at radius 2 is 2.00 bits per heavy atom. The maximum atomic E-state index is 13.6. The minimum atomic E-state index is -0.329. The third kappa shape index (κ3) is 5.83. The molecule has 0 unspecified atom stereocenters. The molecule has 8 nitrogen and oxygen atoms in total. The van der Waals surface area contributed by atoms with Gasteiger partial charge >= 0.3 is 0 Å². The standard InChI is InChI=1S/C28H34N4O4/c1-19-15-32(20(2)18-33)28(34)25-12-23(22-7-9-24(35-4)10-8-22)14-30-27(25)36-26(19)17-31(3)16-21-6-5-11-29-13-21/h5-14,19-20,26,33H,15-18H2,1-4H3/t19-,20+,26-/m1/s1. The van der Waals surface area contributed by atoms with Crippen molar-refractivity contribution in [2.75, 3.05) is 33.9 Å². The first-order valence-corrected chi connectivity index (χ1v) is 12.2. The summed E-state index contributed by atoms with van der Waals surface area (Å²) in [6.07, 6.45) is 5.16. The molecular formula is C28H34N4O4. The summed E-state index contributed by atoms with van der Waals surface area (Å²) < 4.78 is 11.7. The molecule has 1 N–H and O–H groups in total. The van der Waals surface area contributed by atoms with Gasteiger partial charge in [-0.25, -0.2) is 4.98 Å². The van der Waals surface area contributed by atoms with Crippen LogP contribution in [0.15, 0.2) is 61.1 Å². The highest BCUT2D eigenvalue weighted by molar-refractivity contribution is 5.98. The van der Waals surface area contributed by atoms with Gasteiger partial charge in [0, 0.05) is 49.7 Å². The molecule has 3 aromatic rings. The number of rotatable bonds is 8. The van der Waals surface area contributed by atoms with Gasteiger partial charge in [0.15, 0.2) is 0 Å². The number of fused-ring (bicyclic) bond motifs is 1. The summed E-state index contributed by atoms with van der Waals surface area (Å²) in [4.78, 5) is 26.4. The highest BCUT2D eigenvalue weighted by Crippen LogP contribution is 2.31. The van der Waals surface area contributed by atoms with Gasteiger partial charge in [0.2, 0.25) is 5.88 Å². The topological polar surface area (TPSA) is 88.0 Å². The number of methoxy groups -OCH3 is 1. The lowest BCUT2D eigenvalue weighted by atomic mass is 9.99. The quantitative estimate of drug-likeness (QED) is 0.517. The van der Waals surface area contributed by atoms with Crippen LogP contribution in [0.3, 0.4) is 0 Å². The lowest BCUT2D eigenvalue weighted by molar-refractivity contribution is 0.0325. The lowest BCUT2D eigenvalue weighted by Crippen LogP contribution is -2.49. The van der Waals surface area contributed by atoms with E-state index in [1.165, 1.54) is 0 Å². The summed E-state index contributed by atoms with van der Waals surface area (Å²) in [5, 5.41) is 9.89. The van der Waals surface area contributed by atoms with Crippen LogP contribution < -0.4 is 9.47 Å². The second kappa shape index (κ2) is 11.5. The van der Waals surface area contributed by atoms with Crippen molar-refractivity contribution >= 4 is 5.91 Å². The molecule has 0 bridgehead atoms. The van der Waals surface area contributed by atoms with Crippen LogP contribution in [-0.4, -0.2) is 76.8 Å². The van der Waals surface area contributed by atoms with Gasteiger partial charge in [-0.15, -0.1) is 0 Å². The molecule has 0 fully saturated rings. The van der Waals surface area contributed by atoms with Gasteiger partial charge < -0.3 is 19.5 Å². The predicted octanol–water partition coefficient (Wildman–Crippen LogP) is 3.50. The molecule has 1 amide bonds. The van der Waals surface area contributed by atoms with Crippen LogP contribution in [0.25, 0.3) is 11.1 Å². The minimum Gasteiger partial charge on any atom is -0.497 e. The number of carbonyl (C=O) groups excluding carboxylic acids is 1. The summed E-state index contributed by atoms with van der Waals surface area (Å²) in [6.45, 7) is 5.66. The number of pyridine rings is 2. The van der Waals surface area contributed by atoms with Crippen LogP contribution in [0.5, 0.6) is 11.6 Å². The Morgan fingerprint density at radius 3 is 2.67 bits per heavy atom. The molecular weight excluding hydrogens is 456 g/mol. The first kappa shape index (κ1) is 25.6. The van der Waals surface area contributed by atoms with E-state index in [-0.39, 0.29) is 30.6 Å². The number of ether oxygens (including phenoxy) is 2. The van der Waals surface area contributed by atoms with Gasteiger partial charge in [0.1, 0.15) is 17.4 Å². The van der Waals surface area contributed by atoms with Crippen molar-refractivity contribution in [3.05, 3.63) is 72.2 Å². The van der Waals surface area contributed by atoms with Crippen molar-refractivity contribution in [3.63, 3.8) is 0 Å². The van der Waals surface area contributed by atoms with Crippen molar-refractivity contribution in [2.24, 2.45) is 5.92 Å². The Hall–Kier alpha value is -3.49. The number of likely N-dealkylation sites (N-methyl/N-ethyl adjacent to an activating group) is 1. The smallest absolute Gasteiger partial charge is 0.259 e. The third-order valence-electron chi connectivity index (χ3n) is 6.61. The van der Waals surface area contributed by atoms with Crippen molar-refractivity contribution in [2.45, 2.75) is 32.5 Å². The van der Waals surface area contributed by atoms with Gasteiger partial charge in [-0.2, -0.15) is 0 Å². The fraction of sp³-hybridized carbons (Fsp3) is 0.393. The highest BCUT2D eigenvalue weighted by Gasteiger charge is 2.34. The van der Waals surface area contributed by atoms with Crippen LogP contribution in [0.4, 0.5) is 0 Å². The average molecular weight is 491 g/mol. The second-order valence-corrected chi connectivity index (χ2v) is 9.49. The van der Waals surface area contributed by atoms with Crippen LogP contribution in [0.2, 0.25) is 0 Å². The molecule has 3 heterocycles. The van der Waals surface area contributed by atoms with Crippen molar-refractivity contribution < 1.29 is 19.4 Å². The summed E-state index contributed by atoms with van der Waals surface area (Å²) in [7, 11) is 3.67. The van der Waals surface area contributed by atoms with Gasteiger partial charge in [0.05, 0.1) is 19.8 Å². The Bertz CT molecular complexity index is 1160. The Morgan fingerprint density at radius 1 is 1.22 bits per heavy atom. The van der Waals surface area contributed by atoms with E-state index >= 15 is 0 Å². The molecule has 2 aromatic heterocycles. The molecule has 0 radical (unpaired) electrons. The zero-order valence-electron chi connectivity index (χ0n) is 21.3. The number of aliphatic hydroxyl groups excluding tert-OH is 1. The van der Waals surface area contributed by atoms with Crippen LogP contribution >= 0.6 is 0 Å². The molecule has 36 heavy (non-hydrogen) atoms. The summed E-state index contributed by atoms with van der Waals surface area (Å²) in [5.41, 5.74) is 3.25. The third-order valence-corrected chi connectivity index (χ3v) is 6.61. The number of benzene rings is 1. The molecule has 0 spiro atoms. The number of hydrogen-bond acceptors (Lipinski definition) is 7.